The van der Waals surface area contributed by atoms with E-state index in [2.05, 4.69) is 32.6 Å². The number of ketones is 1. The Morgan fingerprint density at radius 1 is 1.03 bits per heavy atom. The van der Waals surface area contributed by atoms with Crippen LogP contribution in [-0.2, 0) is 9.59 Å². The Bertz CT molecular complexity index is 1140. The molecule has 2 aromatic rings. The summed E-state index contributed by atoms with van der Waals surface area (Å²) in [6.07, 6.45) is 0.897. The largest absolute Gasteiger partial charge is 0.507 e. The van der Waals surface area contributed by atoms with E-state index in [0.29, 0.717) is 37.8 Å². The second-order valence-electron chi connectivity index (χ2n) is 10.1. The number of aryl methyl sites for hydroxylation is 1. The lowest BCUT2D eigenvalue weighted by Crippen LogP contribution is -2.38. The maximum absolute atomic E-state index is 13.4. The number of carbonyl (C=O) groups excluding carboxylic acids is 2. The molecule has 0 aromatic heterocycles. The second kappa shape index (κ2) is 13.5. The molecule has 1 heterocycles. The zero-order chi connectivity index (χ0) is 27.8. The van der Waals surface area contributed by atoms with Crippen LogP contribution in [0.2, 0.25) is 0 Å². The molecule has 1 aliphatic heterocycles. The number of aliphatic hydroxyl groups is 1. The third-order valence-corrected chi connectivity index (χ3v) is 6.78. The van der Waals surface area contributed by atoms with Crippen LogP contribution in [0.4, 0.5) is 0 Å². The van der Waals surface area contributed by atoms with Gasteiger partial charge in [0.1, 0.15) is 17.3 Å². The first-order chi connectivity index (χ1) is 18.2. The minimum absolute atomic E-state index is 0.104. The minimum Gasteiger partial charge on any atom is -0.507 e. The summed E-state index contributed by atoms with van der Waals surface area (Å²) in [6, 6.07) is 12.1. The highest BCUT2D eigenvalue weighted by Crippen LogP contribution is 2.40. The molecule has 3 rings (SSSR count). The van der Waals surface area contributed by atoms with Crippen molar-refractivity contribution in [2.24, 2.45) is 5.92 Å². The van der Waals surface area contributed by atoms with E-state index in [-0.39, 0.29) is 11.3 Å². The van der Waals surface area contributed by atoms with Crippen LogP contribution in [0, 0.1) is 12.8 Å². The van der Waals surface area contributed by atoms with Gasteiger partial charge in [-0.25, -0.2) is 0 Å². The molecule has 1 saturated heterocycles. The Balaban J connectivity index is 2.03. The molecule has 0 saturated carbocycles. The summed E-state index contributed by atoms with van der Waals surface area (Å²) in [7, 11) is 0. The smallest absolute Gasteiger partial charge is 0.295 e. The van der Waals surface area contributed by atoms with E-state index in [9.17, 15) is 14.7 Å². The van der Waals surface area contributed by atoms with Gasteiger partial charge in [-0.3, -0.25) is 9.59 Å². The molecule has 1 amide bonds. The quantitative estimate of drug-likeness (QED) is 0.210. The molecule has 1 atom stereocenters. The summed E-state index contributed by atoms with van der Waals surface area (Å²) in [5.74, 6) is 0.397. The lowest BCUT2D eigenvalue weighted by molar-refractivity contribution is -0.140. The second-order valence-corrected chi connectivity index (χ2v) is 10.1. The van der Waals surface area contributed by atoms with Crippen molar-refractivity contribution in [3.05, 3.63) is 64.7 Å². The van der Waals surface area contributed by atoms with Gasteiger partial charge in [0.15, 0.2) is 0 Å². The average Bonchev–Trinajstić information content (AvgIpc) is 3.16. The van der Waals surface area contributed by atoms with Crippen molar-refractivity contribution in [1.29, 1.82) is 0 Å². The SMILES string of the molecule is CCCOc1ccc(C2C(=C(O)c3ccc(OCC(C)C)c(C)c3)C(=O)C(=O)N2CCN(CC)CC)cc1. The van der Waals surface area contributed by atoms with Crippen LogP contribution in [0.3, 0.4) is 0 Å². The molecule has 7 heteroatoms. The van der Waals surface area contributed by atoms with Gasteiger partial charge >= 0.3 is 0 Å². The molecule has 38 heavy (non-hydrogen) atoms. The summed E-state index contributed by atoms with van der Waals surface area (Å²) >= 11 is 0. The van der Waals surface area contributed by atoms with E-state index in [1.807, 2.05) is 38.1 Å². The summed E-state index contributed by atoms with van der Waals surface area (Å²) in [5.41, 5.74) is 2.18. The number of hydrogen-bond acceptors (Lipinski definition) is 6. The molecule has 1 unspecified atom stereocenters. The first-order valence-electron chi connectivity index (χ1n) is 13.7. The third kappa shape index (κ3) is 6.76. The Kier molecular flexibility index (Phi) is 10.4. The van der Waals surface area contributed by atoms with Gasteiger partial charge in [-0.2, -0.15) is 0 Å². The van der Waals surface area contributed by atoms with Crippen LogP contribution in [0.1, 0.15) is 63.8 Å². The molecule has 2 aromatic carbocycles. The van der Waals surface area contributed by atoms with E-state index in [1.165, 1.54) is 0 Å². The number of carbonyl (C=O) groups is 2. The molecule has 7 nitrogen and oxygen atoms in total. The maximum Gasteiger partial charge on any atom is 0.295 e. The molecular formula is C31H42N2O5. The maximum atomic E-state index is 13.4. The predicted molar refractivity (Wildman–Crippen MR) is 151 cm³/mol. The summed E-state index contributed by atoms with van der Waals surface area (Å²) in [5, 5.41) is 11.4. The Morgan fingerprint density at radius 2 is 1.71 bits per heavy atom. The van der Waals surface area contributed by atoms with E-state index < -0.39 is 17.7 Å². The Morgan fingerprint density at radius 3 is 2.29 bits per heavy atom. The highest BCUT2D eigenvalue weighted by atomic mass is 16.5. The third-order valence-electron chi connectivity index (χ3n) is 6.78. The van der Waals surface area contributed by atoms with E-state index in [0.717, 1.165) is 42.1 Å². The molecule has 0 bridgehead atoms. The zero-order valence-electron chi connectivity index (χ0n) is 23.6. The number of aliphatic hydroxyl groups excluding tert-OH is 1. The number of rotatable bonds is 13. The summed E-state index contributed by atoms with van der Waals surface area (Å²) < 4.78 is 11.6. The molecule has 1 aliphatic rings. The van der Waals surface area contributed by atoms with Gasteiger partial charge < -0.3 is 24.4 Å². The lowest BCUT2D eigenvalue weighted by atomic mass is 9.94. The number of nitrogens with zero attached hydrogens (tertiary/aromatic N) is 2. The fraction of sp³-hybridized carbons (Fsp3) is 0.484. The molecule has 0 aliphatic carbocycles. The fourth-order valence-corrected chi connectivity index (χ4v) is 4.58. The standard InChI is InChI=1S/C31H42N2O5/c1-7-18-37-25-13-10-23(11-14-25)28-27(30(35)31(36)33(28)17-16-32(8-2)9-3)29(34)24-12-15-26(22(6)19-24)38-20-21(4)5/h10-15,19,21,28,34H,7-9,16-18,20H2,1-6H3. The molecule has 1 fully saturated rings. The number of likely N-dealkylation sites (N-methyl/N-ethyl adjacent to an activating group) is 1. The van der Waals surface area contributed by atoms with E-state index in [4.69, 9.17) is 9.47 Å². The average molecular weight is 523 g/mol. The van der Waals surface area contributed by atoms with Crippen LogP contribution in [-0.4, -0.2) is 66.0 Å². The first-order valence-corrected chi connectivity index (χ1v) is 13.7. The van der Waals surface area contributed by atoms with Gasteiger partial charge in [-0.1, -0.05) is 46.8 Å². The van der Waals surface area contributed by atoms with Crippen molar-refractivity contribution in [2.75, 3.05) is 39.4 Å². The van der Waals surface area contributed by atoms with Crippen LogP contribution in [0.25, 0.3) is 5.76 Å². The van der Waals surface area contributed by atoms with Crippen molar-refractivity contribution in [2.45, 2.75) is 54.0 Å². The van der Waals surface area contributed by atoms with Crippen LogP contribution < -0.4 is 9.47 Å². The fourth-order valence-electron chi connectivity index (χ4n) is 4.58. The molecule has 0 radical (unpaired) electrons. The highest BCUT2D eigenvalue weighted by molar-refractivity contribution is 6.46. The first kappa shape index (κ1) is 29.2. The van der Waals surface area contributed by atoms with Crippen LogP contribution >= 0.6 is 0 Å². The molecular weight excluding hydrogens is 480 g/mol. The van der Waals surface area contributed by atoms with Crippen molar-refractivity contribution in [1.82, 2.24) is 9.80 Å². The predicted octanol–water partition coefficient (Wildman–Crippen LogP) is 5.58. The number of benzene rings is 2. The van der Waals surface area contributed by atoms with Gasteiger partial charge in [-0.15, -0.1) is 0 Å². The van der Waals surface area contributed by atoms with Crippen molar-refractivity contribution >= 4 is 17.4 Å². The lowest BCUT2D eigenvalue weighted by Gasteiger charge is -2.28. The van der Waals surface area contributed by atoms with Crippen molar-refractivity contribution < 1.29 is 24.2 Å². The monoisotopic (exact) mass is 522 g/mol. The van der Waals surface area contributed by atoms with Gasteiger partial charge in [0.05, 0.1) is 24.8 Å². The number of ether oxygens (including phenoxy) is 2. The normalized spacial score (nSPS) is 17.1. The topological polar surface area (TPSA) is 79.3 Å². The summed E-state index contributed by atoms with van der Waals surface area (Å²) in [4.78, 5) is 30.4. The highest BCUT2D eigenvalue weighted by Gasteiger charge is 2.46. The molecule has 0 spiro atoms. The van der Waals surface area contributed by atoms with Crippen molar-refractivity contribution in [3.63, 3.8) is 0 Å². The summed E-state index contributed by atoms with van der Waals surface area (Å²) in [6.45, 7) is 16.1. The van der Waals surface area contributed by atoms with Crippen molar-refractivity contribution in [3.8, 4) is 11.5 Å². The number of amides is 1. The Hall–Kier alpha value is -3.32. The van der Waals surface area contributed by atoms with E-state index in [1.54, 1.807) is 23.1 Å². The zero-order valence-corrected chi connectivity index (χ0v) is 23.6. The molecule has 206 valence electrons. The van der Waals surface area contributed by atoms with Crippen LogP contribution in [0.15, 0.2) is 48.0 Å². The molecule has 1 N–H and O–H groups in total. The number of Topliss-reactive ketones (excluding diaryl/α,β-unsaturated/α-hetero) is 1. The Labute approximate surface area is 227 Å². The minimum atomic E-state index is -0.692. The van der Waals surface area contributed by atoms with Gasteiger partial charge in [0.25, 0.3) is 11.7 Å². The van der Waals surface area contributed by atoms with Crippen LogP contribution in [0.5, 0.6) is 11.5 Å². The van der Waals surface area contributed by atoms with Gasteiger partial charge in [-0.05, 0) is 73.8 Å². The van der Waals surface area contributed by atoms with Gasteiger partial charge in [0, 0.05) is 18.7 Å². The van der Waals surface area contributed by atoms with Gasteiger partial charge in [0.2, 0.25) is 0 Å². The van der Waals surface area contributed by atoms with E-state index >= 15 is 0 Å². The number of likely N-dealkylation sites (tertiary alicyclic amines) is 1. The number of hydrogen-bond donors (Lipinski definition) is 1.